The first-order valence-corrected chi connectivity index (χ1v) is 10.1. The van der Waals surface area contributed by atoms with Crippen molar-refractivity contribution < 1.29 is 4.79 Å². The van der Waals surface area contributed by atoms with E-state index in [-0.39, 0.29) is 5.92 Å². The summed E-state index contributed by atoms with van der Waals surface area (Å²) in [5.41, 5.74) is 2.29. The predicted molar refractivity (Wildman–Crippen MR) is 110 cm³/mol. The Morgan fingerprint density at radius 3 is 2.26 bits per heavy atom. The number of benzene rings is 3. The van der Waals surface area contributed by atoms with E-state index < -0.39 is 0 Å². The van der Waals surface area contributed by atoms with E-state index >= 15 is 0 Å². The number of hydrogen-bond donors (Lipinski definition) is 0. The molecule has 0 amide bonds. The second-order valence-corrected chi connectivity index (χ2v) is 8.10. The molecular formula is C25H25NO. The minimum Gasteiger partial charge on any atom is -0.294 e. The highest BCUT2D eigenvalue weighted by Crippen LogP contribution is 2.41. The molecule has 2 heterocycles. The number of Topliss-reactive ketones (excluding diaryl/α,β-unsaturated/α-hetero) is 1. The fraction of sp³-hybridized carbons (Fsp3) is 0.320. The van der Waals surface area contributed by atoms with Gasteiger partial charge in [-0.15, -0.1) is 0 Å². The Balaban J connectivity index is 1.37. The molecule has 0 saturated carbocycles. The summed E-state index contributed by atoms with van der Waals surface area (Å²) in [6.45, 7) is 1.02. The minimum atomic E-state index is 0.167. The maximum Gasteiger partial charge on any atom is 0.166 e. The number of carbonyl (C=O) groups excluding carboxylic acids is 1. The van der Waals surface area contributed by atoms with Crippen molar-refractivity contribution in [2.75, 3.05) is 0 Å². The van der Waals surface area contributed by atoms with Crippen LogP contribution in [0.1, 0.15) is 41.6 Å². The van der Waals surface area contributed by atoms with Crippen LogP contribution < -0.4 is 0 Å². The van der Waals surface area contributed by atoms with Crippen LogP contribution in [-0.4, -0.2) is 22.8 Å². The molecule has 5 rings (SSSR count). The topological polar surface area (TPSA) is 20.3 Å². The van der Waals surface area contributed by atoms with Gasteiger partial charge in [-0.2, -0.15) is 0 Å². The second kappa shape index (κ2) is 6.94. The Labute approximate surface area is 160 Å². The lowest BCUT2D eigenvalue weighted by atomic mass is 9.83. The third-order valence-electron chi connectivity index (χ3n) is 6.52. The number of fused-ring (bicyclic) bond motifs is 3. The molecule has 0 aromatic heterocycles. The molecule has 2 heteroatoms. The SMILES string of the molecule is O=C(c1cccc2ccccc12)C1CC2CCC(C1)N2Cc1ccccc1. The summed E-state index contributed by atoms with van der Waals surface area (Å²) in [4.78, 5) is 16.0. The average molecular weight is 355 g/mol. The van der Waals surface area contributed by atoms with Gasteiger partial charge < -0.3 is 0 Å². The van der Waals surface area contributed by atoms with E-state index in [1.54, 1.807) is 0 Å². The van der Waals surface area contributed by atoms with E-state index in [4.69, 9.17) is 0 Å². The van der Waals surface area contributed by atoms with Crippen LogP contribution in [0.3, 0.4) is 0 Å². The largest absolute Gasteiger partial charge is 0.294 e. The van der Waals surface area contributed by atoms with E-state index in [1.807, 2.05) is 24.3 Å². The lowest BCUT2D eigenvalue weighted by Gasteiger charge is -2.38. The Morgan fingerprint density at radius 1 is 0.815 bits per heavy atom. The maximum absolute atomic E-state index is 13.4. The first-order chi connectivity index (χ1) is 13.3. The fourth-order valence-corrected chi connectivity index (χ4v) is 5.20. The van der Waals surface area contributed by atoms with Gasteiger partial charge in [-0.3, -0.25) is 9.69 Å². The van der Waals surface area contributed by atoms with Gasteiger partial charge in [0, 0.05) is 30.1 Å². The monoisotopic (exact) mass is 355 g/mol. The van der Waals surface area contributed by atoms with Gasteiger partial charge in [0.25, 0.3) is 0 Å². The zero-order valence-electron chi connectivity index (χ0n) is 15.6. The summed E-state index contributed by atoms with van der Waals surface area (Å²) >= 11 is 0. The van der Waals surface area contributed by atoms with Gasteiger partial charge in [0.05, 0.1) is 0 Å². The van der Waals surface area contributed by atoms with Crippen LogP contribution in [0.2, 0.25) is 0 Å². The van der Waals surface area contributed by atoms with Crippen molar-refractivity contribution in [1.29, 1.82) is 0 Å². The highest BCUT2D eigenvalue weighted by atomic mass is 16.1. The lowest BCUT2D eigenvalue weighted by molar-refractivity contribution is 0.0679. The molecule has 27 heavy (non-hydrogen) atoms. The molecule has 2 aliphatic heterocycles. The summed E-state index contributed by atoms with van der Waals surface area (Å²) < 4.78 is 0. The molecule has 0 N–H and O–H groups in total. The van der Waals surface area contributed by atoms with Gasteiger partial charge in [0.1, 0.15) is 0 Å². The zero-order valence-corrected chi connectivity index (χ0v) is 15.6. The average Bonchev–Trinajstić information content (AvgIpc) is 2.95. The van der Waals surface area contributed by atoms with E-state index in [0.29, 0.717) is 17.9 Å². The third kappa shape index (κ3) is 3.08. The van der Waals surface area contributed by atoms with Crippen molar-refractivity contribution >= 4 is 16.6 Å². The van der Waals surface area contributed by atoms with Gasteiger partial charge in [-0.25, -0.2) is 0 Å². The summed E-state index contributed by atoms with van der Waals surface area (Å²) in [5, 5.41) is 2.26. The van der Waals surface area contributed by atoms with Gasteiger partial charge in [-0.1, -0.05) is 72.8 Å². The molecule has 2 fully saturated rings. The molecule has 136 valence electrons. The van der Waals surface area contributed by atoms with Crippen LogP contribution in [0.4, 0.5) is 0 Å². The molecule has 0 radical (unpaired) electrons. The molecule has 2 atom stereocenters. The number of piperidine rings is 1. The van der Waals surface area contributed by atoms with Crippen LogP contribution in [-0.2, 0) is 6.54 Å². The van der Waals surface area contributed by atoms with Gasteiger partial charge >= 0.3 is 0 Å². The Hall–Kier alpha value is -2.45. The van der Waals surface area contributed by atoms with Crippen LogP contribution >= 0.6 is 0 Å². The molecule has 2 bridgehead atoms. The highest BCUT2D eigenvalue weighted by Gasteiger charge is 2.42. The number of carbonyl (C=O) groups is 1. The van der Waals surface area contributed by atoms with Crippen molar-refractivity contribution in [3.05, 3.63) is 83.9 Å². The first-order valence-electron chi connectivity index (χ1n) is 10.1. The summed E-state index contributed by atoms with van der Waals surface area (Å²) in [6.07, 6.45) is 4.48. The Bertz CT molecular complexity index is 945. The molecular weight excluding hydrogens is 330 g/mol. The molecule has 0 aliphatic carbocycles. The quantitative estimate of drug-likeness (QED) is 0.579. The Morgan fingerprint density at radius 2 is 1.48 bits per heavy atom. The molecule has 3 aromatic rings. The zero-order chi connectivity index (χ0) is 18.2. The molecule has 2 aliphatic rings. The third-order valence-corrected chi connectivity index (χ3v) is 6.52. The highest BCUT2D eigenvalue weighted by molar-refractivity contribution is 6.09. The normalized spacial score (nSPS) is 25.0. The number of nitrogens with zero attached hydrogens (tertiary/aromatic N) is 1. The lowest BCUT2D eigenvalue weighted by Crippen LogP contribution is -2.44. The minimum absolute atomic E-state index is 0.167. The van der Waals surface area contributed by atoms with Crippen LogP contribution in [0.5, 0.6) is 0 Å². The number of rotatable bonds is 4. The van der Waals surface area contributed by atoms with Gasteiger partial charge in [-0.05, 0) is 42.0 Å². The van der Waals surface area contributed by atoms with Gasteiger partial charge in [0.15, 0.2) is 5.78 Å². The second-order valence-electron chi connectivity index (χ2n) is 8.10. The first kappa shape index (κ1) is 16.7. The molecule has 2 saturated heterocycles. The molecule has 2 nitrogen and oxygen atoms in total. The van der Waals surface area contributed by atoms with Gasteiger partial charge in [0.2, 0.25) is 0 Å². The van der Waals surface area contributed by atoms with Crippen LogP contribution in [0.15, 0.2) is 72.8 Å². The predicted octanol–water partition coefficient (Wildman–Crippen LogP) is 5.47. The maximum atomic E-state index is 13.4. The van der Waals surface area contributed by atoms with Crippen molar-refractivity contribution in [2.24, 2.45) is 5.92 Å². The van der Waals surface area contributed by atoms with E-state index in [2.05, 4.69) is 53.4 Å². The van der Waals surface area contributed by atoms with E-state index in [9.17, 15) is 4.79 Å². The van der Waals surface area contributed by atoms with Crippen molar-refractivity contribution in [3.63, 3.8) is 0 Å². The van der Waals surface area contributed by atoms with Crippen LogP contribution in [0.25, 0.3) is 10.8 Å². The summed E-state index contributed by atoms with van der Waals surface area (Å²) in [7, 11) is 0. The number of hydrogen-bond acceptors (Lipinski definition) is 2. The smallest absolute Gasteiger partial charge is 0.166 e. The number of ketones is 1. The molecule has 2 unspecified atom stereocenters. The van der Waals surface area contributed by atoms with Crippen molar-refractivity contribution in [3.8, 4) is 0 Å². The summed E-state index contributed by atoms with van der Waals surface area (Å²) in [6, 6.07) is 26.2. The van der Waals surface area contributed by atoms with Crippen molar-refractivity contribution in [2.45, 2.75) is 44.3 Å². The molecule has 0 spiro atoms. The van der Waals surface area contributed by atoms with E-state index in [0.717, 1.165) is 35.7 Å². The van der Waals surface area contributed by atoms with E-state index in [1.165, 1.54) is 18.4 Å². The standard InChI is InChI=1S/C25H25NO/c27-25(24-12-6-10-19-9-4-5-11-23(19)24)20-15-21-13-14-22(16-20)26(21)17-18-7-2-1-3-8-18/h1-12,20-22H,13-17H2. The Kier molecular flexibility index (Phi) is 4.29. The molecule has 3 aromatic carbocycles. The van der Waals surface area contributed by atoms with Crippen molar-refractivity contribution in [1.82, 2.24) is 4.90 Å². The van der Waals surface area contributed by atoms with Crippen LogP contribution in [0, 0.1) is 5.92 Å². The summed E-state index contributed by atoms with van der Waals surface area (Å²) in [5.74, 6) is 0.517. The fourth-order valence-electron chi connectivity index (χ4n) is 5.20.